The molecule has 0 aromatic heterocycles. The van der Waals surface area contributed by atoms with Crippen LogP contribution in [0.1, 0.15) is 6.92 Å². The summed E-state index contributed by atoms with van der Waals surface area (Å²) < 4.78 is 0. The maximum atomic E-state index is 3.44. The summed E-state index contributed by atoms with van der Waals surface area (Å²) in [5.74, 6) is 7.90. The van der Waals surface area contributed by atoms with Crippen molar-refractivity contribution in [3.8, 4) is 11.8 Å². The van der Waals surface area contributed by atoms with Crippen molar-refractivity contribution in [2.24, 2.45) is 11.8 Å². The molecule has 2 heterocycles. The van der Waals surface area contributed by atoms with E-state index < -0.39 is 0 Å². The van der Waals surface area contributed by atoms with Crippen LogP contribution in [0.15, 0.2) is 0 Å². The molecule has 66 valence electrons. The maximum absolute atomic E-state index is 3.44. The Morgan fingerprint density at radius 1 is 1.33 bits per heavy atom. The zero-order valence-corrected chi connectivity index (χ0v) is 7.64. The van der Waals surface area contributed by atoms with Gasteiger partial charge in [0.05, 0.1) is 6.54 Å². The van der Waals surface area contributed by atoms with Gasteiger partial charge in [-0.25, -0.2) is 0 Å². The second-order valence-corrected chi connectivity index (χ2v) is 3.80. The molecule has 0 aromatic rings. The first-order chi connectivity index (χ1) is 5.90. The quantitative estimate of drug-likeness (QED) is 0.555. The number of rotatable bonds is 1. The largest absolute Gasteiger partial charge is 0.316 e. The van der Waals surface area contributed by atoms with Crippen molar-refractivity contribution < 1.29 is 0 Å². The van der Waals surface area contributed by atoms with Gasteiger partial charge < -0.3 is 5.32 Å². The molecule has 2 atom stereocenters. The van der Waals surface area contributed by atoms with Crippen LogP contribution in [0.2, 0.25) is 0 Å². The smallest absolute Gasteiger partial charge is 0.0601 e. The molecule has 0 saturated carbocycles. The Balaban J connectivity index is 1.85. The molecule has 2 aliphatic rings. The zero-order chi connectivity index (χ0) is 8.39. The van der Waals surface area contributed by atoms with E-state index in [1.165, 1.54) is 26.2 Å². The Bertz CT molecular complexity index is 202. The van der Waals surface area contributed by atoms with Gasteiger partial charge in [0.2, 0.25) is 0 Å². The summed E-state index contributed by atoms with van der Waals surface area (Å²) in [6.45, 7) is 7.85. The highest BCUT2D eigenvalue weighted by Gasteiger charge is 2.35. The molecule has 12 heavy (non-hydrogen) atoms. The van der Waals surface area contributed by atoms with E-state index in [2.05, 4.69) is 22.1 Å². The number of nitrogens with one attached hydrogen (secondary N) is 1. The van der Waals surface area contributed by atoms with Gasteiger partial charge >= 0.3 is 0 Å². The fourth-order valence-electron chi connectivity index (χ4n) is 2.27. The van der Waals surface area contributed by atoms with E-state index in [1.54, 1.807) is 0 Å². The highest BCUT2D eigenvalue weighted by atomic mass is 15.2. The van der Waals surface area contributed by atoms with Gasteiger partial charge in [-0.2, -0.15) is 0 Å². The van der Waals surface area contributed by atoms with Gasteiger partial charge in [0.25, 0.3) is 0 Å². The first-order valence-electron chi connectivity index (χ1n) is 4.73. The van der Waals surface area contributed by atoms with Crippen molar-refractivity contribution >= 4 is 0 Å². The van der Waals surface area contributed by atoms with Crippen LogP contribution in [0.5, 0.6) is 0 Å². The number of hydrogen-bond donors (Lipinski definition) is 1. The first kappa shape index (κ1) is 8.10. The van der Waals surface area contributed by atoms with Crippen molar-refractivity contribution in [3.05, 3.63) is 0 Å². The number of nitrogens with zero attached hydrogens (tertiary/aromatic N) is 1. The Morgan fingerprint density at radius 3 is 2.58 bits per heavy atom. The van der Waals surface area contributed by atoms with Crippen molar-refractivity contribution in [2.45, 2.75) is 6.92 Å². The Kier molecular flexibility index (Phi) is 2.34. The molecule has 0 amide bonds. The van der Waals surface area contributed by atoms with Gasteiger partial charge in [0.15, 0.2) is 0 Å². The van der Waals surface area contributed by atoms with E-state index in [4.69, 9.17) is 0 Å². The van der Waals surface area contributed by atoms with E-state index in [0.29, 0.717) is 0 Å². The Morgan fingerprint density at radius 2 is 2.00 bits per heavy atom. The molecule has 2 nitrogen and oxygen atoms in total. The van der Waals surface area contributed by atoms with E-state index in [-0.39, 0.29) is 0 Å². The molecule has 0 radical (unpaired) electrons. The molecule has 0 aliphatic carbocycles. The minimum absolute atomic E-state index is 0.906. The van der Waals surface area contributed by atoms with Gasteiger partial charge in [-0.15, -0.1) is 5.92 Å². The molecular weight excluding hydrogens is 148 g/mol. The van der Waals surface area contributed by atoms with Gasteiger partial charge in [0.1, 0.15) is 0 Å². The molecule has 2 unspecified atom stereocenters. The topological polar surface area (TPSA) is 15.3 Å². The SMILES string of the molecule is CC#CCN1CC2CNCC2C1. The summed E-state index contributed by atoms with van der Waals surface area (Å²) in [4.78, 5) is 2.48. The highest BCUT2D eigenvalue weighted by molar-refractivity contribution is 5.01. The van der Waals surface area contributed by atoms with E-state index in [9.17, 15) is 0 Å². The van der Waals surface area contributed by atoms with Gasteiger partial charge in [-0.3, -0.25) is 4.90 Å². The molecule has 2 aliphatic heterocycles. The molecule has 1 N–H and O–H groups in total. The second-order valence-electron chi connectivity index (χ2n) is 3.80. The number of fused-ring (bicyclic) bond motifs is 1. The molecular formula is C10H16N2. The van der Waals surface area contributed by atoms with E-state index in [0.717, 1.165) is 18.4 Å². The second kappa shape index (κ2) is 3.47. The molecule has 2 fully saturated rings. The van der Waals surface area contributed by atoms with Gasteiger partial charge in [0, 0.05) is 13.1 Å². The first-order valence-corrected chi connectivity index (χ1v) is 4.73. The summed E-state index contributed by atoms with van der Waals surface area (Å²) in [6, 6.07) is 0. The minimum atomic E-state index is 0.906. The summed E-state index contributed by atoms with van der Waals surface area (Å²) >= 11 is 0. The lowest BCUT2D eigenvalue weighted by Gasteiger charge is -2.12. The average Bonchev–Trinajstić information content (AvgIpc) is 2.58. The van der Waals surface area contributed by atoms with Crippen LogP contribution in [0.4, 0.5) is 0 Å². The standard InChI is InChI=1S/C10H16N2/c1-2-3-4-12-7-9-5-11-6-10(9)8-12/h9-11H,4-8H2,1H3. The van der Waals surface area contributed by atoms with E-state index >= 15 is 0 Å². The van der Waals surface area contributed by atoms with Gasteiger partial charge in [-0.1, -0.05) is 5.92 Å². The highest BCUT2D eigenvalue weighted by Crippen LogP contribution is 2.25. The van der Waals surface area contributed by atoms with Crippen LogP contribution >= 0.6 is 0 Å². The van der Waals surface area contributed by atoms with Crippen LogP contribution in [0.25, 0.3) is 0 Å². The van der Waals surface area contributed by atoms with Crippen LogP contribution in [-0.4, -0.2) is 37.6 Å². The van der Waals surface area contributed by atoms with Crippen LogP contribution < -0.4 is 5.32 Å². The van der Waals surface area contributed by atoms with Crippen molar-refractivity contribution in [2.75, 3.05) is 32.7 Å². The molecule has 2 rings (SSSR count). The molecule has 2 saturated heterocycles. The lowest BCUT2D eigenvalue weighted by molar-refractivity contribution is 0.351. The summed E-state index contributed by atoms with van der Waals surface area (Å²) in [6.07, 6.45) is 0. The normalized spacial score (nSPS) is 34.4. The minimum Gasteiger partial charge on any atom is -0.316 e. The summed E-state index contributed by atoms with van der Waals surface area (Å²) in [7, 11) is 0. The predicted molar refractivity (Wildman–Crippen MR) is 49.7 cm³/mol. The Hall–Kier alpha value is -0.520. The van der Waals surface area contributed by atoms with E-state index in [1.807, 2.05) is 6.92 Å². The average molecular weight is 164 g/mol. The number of hydrogen-bond acceptors (Lipinski definition) is 2. The molecule has 0 bridgehead atoms. The lowest BCUT2D eigenvalue weighted by atomic mass is 10.0. The zero-order valence-electron chi connectivity index (χ0n) is 7.64. The van der Waals surface area contributed by atoms with Crippen LogP contribution in [0, 0.1) is 23.7 Å². The van der Waals surface area contributed by atoms with Crippen molar-refractivity contribution in [3.63, 3.8) is 0 Å². The lowest BCUT2D eigenvalue weighted by Crippen LogP contribution is -2.26. The fraction of sp³-hybridized carbons (Fsp3) is 0.800. The third kappa shape index (κ3) is 1.48. The third-order valence-electron chi connectivity index (χ3n) is 2.94. The molecule has 0 aromatic carbocycles. The Labute approximate surface area is 74.3 Å². The van der Waals surface area contributed by atoms with Crippen LogP contribution in [-0.2, 0) is 0 Å². The number of likely N-dealkylation sites (tertiary alicyclic amines) is 1. The van der Waals surface area contributed by atoms with Crippen LogP contribution in [0.3, 0.4) is 0 Å². The molecule has 2 heteroatoms. The fourth-order valence-corrected chi connectivity index (χ4v) is 2.27. The molecule has 0 spiro atoms. The summed E-state index contributed by atoms with van der Waals surface area (Å²) in [5, 5.41) is 3.44. The summed E-state index contributed by atoms with van der Waals surface area (Å²) in [5.41, 5.74) is 0. The van der Waals surface area contributed by atoms with Crippen molar-refractivity contribution in [1.29, 1.82) is 0 Å². The predicted octanol–water partition coefficient (Wildman–Crippen LogP) is 0.161. The monoisotopic (exact) mass is 164 g/mol. The maximum Gasteiger partial charge on any atom is 0.0601 e. The van der Waals surface area contributed by atoms with Crippen molar-refractivity contribution in [1.82, 2.24) is 10.2 Å². The van der Waals surface area contributed by atoms with Gasteiger partial charge in [-0.05, 0) is 31.8 Å². The third-order valence-corrected chi connectivity index (χ3v) is 2.94.